The van der Waals surface area contributed by atoms with Crippen molar-refractivity contribution in [2.45, 2.75) is 58.7 Å². The third-order valence-electron chi connectivity index (χ3n) is 7.43. The summed E-state index contributed by atoms with van der Waals surface area (Å²) < 4.78 is 11.7. The number of cyclic esters (lactones) is 1. The molecular formula is C33H36O6. The van der Waals surface area contributed by atoms with E-state index < -0.39 is 35.3 Å². The van der Waals surface area contributed by atoms with Gasteiger partial charge in [0.25, 0.3) is 0 Å². The highest BCUT2D eigenvalue weighted by Gasteiger charge is 2.38. The monoisotopic (exact) mass is 528 g/mol. The summed E-state index contributed by atoms with van der Waals surface area (Å²) in [5.74, 6) is -1.86. The van der Waals surface area contributed by atoms with Crippen molar-refractivity contribution in [3.8, 4) is 0 Å². The summed E-state index contributed by atoms with van der Waals surface area (Å²) in [6.45, 7) is 10.2. The quantitative estimate of drug-likeness (QED) is 0.266. The van der Waals surface area contributed by atoms with Gasteiger partial charge in [-0.2, -0.15) is 0 Å². The van der Waals surface area contributed by atoms with E-state index in [1.165, 1.54) is 0 Å². The van der Waals surface area contributed by atoms with Gasteiger partial charge in [0.1, 0.15) is 17.3 Å². The molecule has 2 aromatic carbocycles. The number of benzene rings is 2. The smallest absolute Gasteiger partial charge is 0.348 e. The molecular weight excluding hydrogens is 492 g/mol. The van der Waals surface area contributed by atoms with Crippen LogP contribution in [0.15, 0.2) is 96.5 Å². The lowest BCUT2D eigenvalue weighted by atomic mass is 9.82. The molecule has 1 aliphatic heterocycles. The molecule has 0 amide bonds. The van der Waals surface area contributed by atoms with Crippen LogP contribution in [0, 0.1) is 11.3 Å². The van der Waals surface area contributed by atoms with Crippen LogP contribution in [0.3, 0.4) is 0 Å². The summed E-state index contributed by atoms with van der Waals surface area (Å²) >= 11 is 0. The largest absolute Gasteiger partial charge is 0.504 e. The summed E-state index contributed by atoms with van der Waals surface area (Å²) in [5, 5.41) is 21.7. The van der Waals surface area contributed by atoms with E-state index >= 15 is 0 Å². The maximum Gasteiger partial charge on any atom is 0.348 e. The molecule has 2 N–H and O–H groups in total. The third-order valence-corrected chi connectivity index (χ3v) is 7.43. The van der Waals surface area contributed by atoms with E-state index in [-0.39, 0.29) is 22.8 Å². The lowest BCUT2D eigenvalue weighted by molar-refractivity contribution is -0.146. The average molecular weight is 529 g/mol. The van der Waals surface area contributed by atoms with Gasteiger partial charge in [0.15, 0.2) is 11.5 Å². The first kappa shape index (κ1) is 28.1. The van der Waals surface area contributed by atoms with Gasteiger partial charge in [0, 0.05) is 5.41 Å². The van der Waals surface area contributed by atoms with E-state index in [0.29, 0.717) is 36.0 Å². The molecule has 204 valence electrons. The Morgan fingerprint density at radius 3 is 2.33 bits per heavy atom. The van der Waals surface area contributed by atoms with E-state index in [1.54, 1.807) is 60.7 Å². The van der Waals surface area contributed by atoms with Crippen LogP contribution in [0.25, 0.3) is 11.1 Å². The Balaban J connectivity index is 1.76. The number of hydrogen-bond acceptors (Lipinski definition) is 6. The van der Waals surface area contributed by atoms with Crippen LogP contribution in [0.2, 0.25) is 0 Å². The summed E-state index contributed by atoms with van der Waals surface area (Å²) in [6.07, 6.45) is 5.34. The molecule has 0 bridgehead atoms. The SMILES string of the molecule is C=C1CC[C@@H](OC(=O)/C(=C2\OC(=O)C(c3ccccc3)=C2O)c2ccccc2)C(C)(C)/C=C/[C@@H](C)CC[C@H]1O. The van der Waals surface area contributed by atoms with Gasteiger partial charge in [0.05, 0.1) is 6.10 Å². The summed E-state index contributed by atoms with van der Waals surface area (Å²) in [7, 11) is 0. The Labute approximate surface area is 230 Å². The molecule has 2 aliphatic rings. The van der Waals surface area contributed by atoms with Gasteiger partial charge in [-0.1, -0.05) is 100 Å². The maximum atomic E-state index is 13.9. The molecule has 6 nitrogen and oxygen atoms in total. The van der Waals surface area contributed by atoms with Crippen LogP contribution in [0.1, 0.15) is 57.6 Å². The molecule has 0 spiro atoms. The van der Waals surface area contributed by atoms with Crippen molar-refractivity contribution in [3.05, 3.63) is 108 Å². The van der Waals surface area contributed by atoms with Gasteiger partial charge >= 0.3 is 11.9 Å². The molecule has 2 aromatic rings. The fraction of sp³-hybridized carbons (Fsp3) is 0.333. The molecule has 4 rings (SSSR count). The lowest BCUT2D eigenvalue weighted by Gasteiger charge is -2.32. The predicted molar refractivity (Wildman–Crippen MR) is 151 cm³/mol. The Kier molecular flexibility index (Phi) is 8.56. The number of esters is 2. The van der Waals surface area contributed by atoms with Crippen LogP contribution in [0.4, 0.5) is 0 Å². The van der Waals surface area contributed by atoms with Crippen LogP contribution >= 0.6 is 0 Å². The van der Waals surface area contributed by atoms with Crippen molar-refractivity contribution < 1.29 is 29.3 Å². The fourth-order valence-corrected chi connectivity index (χ4v) is 4.87. The van der Waals surface area contributed by atoms with E-state index in [1.807, 2.05) is 13.8 Å². The van der Waals surface area contributed by atoms with Crippen LogP contribution in [-0.4, -0.2) is 34.4 Å². The first-order valence-electron chi connectivity index (χ1n) is 13.4. The van der Waals surface area contributed by atoms with Crippen LogP contribution in [-0.2, 0) is 19.1 Å². The number of aliphatic hydroxyl groups is 2. The van der Waals surface area contributed by atoms with Gasteiger partial charge < -0.3 is 19.7 Å². The second kappa shape index (κ2) is 11.9. The highest BCUT2D eigenvalue weighted by Crippen LogP contribution is 2.38. The molecule has 1 heterocycles. The molecule has 1 aliphatic carbocycles. The average Bonchev–Trinajstić information content (AvgIpc) is 3.21. The van der Waals surface area contributed by atoms with Gasteiger partial charge in [0.2, 0.25) is 0 Å². The maximum absolute atomic E-state index is 13.9. The minimum absolute atomic E-state index is 0.00990. The zero-order valence-corrected chi connectivity index (χ0v) is 22.7. The Morgan fingerprint density at radius 1 is 1.03 bits per heavy atom. The van der Waals surface area contributed by atoms with Crippen molar-refractivity contribution in [2.75, 3.05) is 0 Å². The number of hydrogen-bond donors (Lipinski definition) is 2. The number of carbonyl (C=O) groups excluding carboxylic acids is 2. The van der Waals surface area contributed by atoms with E-state index in [2.05, 4.69) is 25.7 Å². The van der Waals surface area contributed by atoms with E-state index in [9.17, 15) is 19.8 Å². The highest BCUT2D eigenvalue weighted by atomic mass is 16.6. The van der Waals surface area contributed by atoms with Crippen molar-refractivity contribution >= 4 is 23.1 Å². The van der Waals surface area contributed by atoms with E-state index in [4.69, 9.17) is 9.47 Å². The van der Waals surface area contributed by atoms with Gasteiger partial charge in [-0.25, -0.2) is 9.59 Å². The standard InChI is InChI=1S/C33H36O6/c1-21-15-17-25(34)22(2)16-18-26(33(3,4)20-19-21)38-32(37)28(24-13-9-6-10-14-24)30-29(35)27(31(36)39-30)23-11-7-5-8-12-23/h5-14,19-21,25-26,34-35H,2,15-18H2,1,3-4H3/b20-19+,30-28-/t21-,25+,26+/m0/s1. The summed E-state index contributed by atoms with van der Waals surface area (Å²) in [6, 6.07) is 17.4. The van der Waals surface area contributed by atoms with Gasteiger partial charge in [-0.05, 0) is 48.3 Å². The first-order chi connectivity index (χ1) is 18.6. The molecule has 0 unspecified atom stereocenters. The molecule has 0 fully saturated rings. The summed E-state index contributed by atoms with van der Waals surface area (Å²) in [4.78, 5) is 26.8. The third kappa shape index (κ3) is 6.40. The Bertz CT molecular complexity index is 1320. The number of ether oxygens (including phenoxy) is 2. The normalized spacial score (nSPS) is 25.9. The number of carbonyl (C=O) groups is 2. The lowest BCUT2D eigenvalue weighted by Crippen LogP contribution is -2.33. The molecule has 0 radical (unpaired) electrons. The molecule has 39 heavy (non-hydrogen) atoms. The van der Waals surface area contributed by atoms with Crippen molar-refractivity contribution in [3.63, 3.8) is 0 Å². The van der Waals surface area contributed by atoms with Crippen molar-refractivity contribution in [1.29, 1.82) is 0 Å². The van der Waals surface area contributed by atoms with Gasteiger partial charge in [-0.3, -0.25) is 0 Å². The van der Waals surface area contributed by atoms with Crippen molar-refractivity contribution in [2.24, 2.45) is 11.3 Å². The van der Waals surface area contributed by atoms with E-state index in [0.717, 1.165) is 6.42 Å². The fourth-order valence-electron chi connectivity index (χ4n) is 4.87. The zero-order valence-electron chi connectivity index (χ0n) is 22.7. The van der Waals surface area contributed by atoms with Crippen molar-refractivity contribution in [1.82, 2.24) is 0 Å². The molecule has 3 atom stereocenters. The number of rotatable bonds is 4. The second-order valence-electron chi connectivity index (χ2n) is 10.9. The van der Waals surface area contributed by atoms with Crippen LogP contribution in [0.5, 0.6) is 0 Å². The minimum atomic E-state index is -0.743. The van der Waals surface area contributed by atoms with Crippen LogP contribution < -0.4 is 0 Å². The zero-order chi connectivity index (χ0) is 28.2. The summed E-state index contributed by atoms with van der Waals surface area (Å²) in [5.41, 5.74) is 1.06. The molecule has 0 saturated carbocycles. The Hall–Kier alpha value is -3.90. The molecule has 0 aromatic heterocycles. The highest BCUT2D eigenvalue weighted by molar-refractivity contribution is 6.25. The first-order valence-corrected chi connectivity index (χ1v) is 13.4. The number of allylic oxidation sites excluding steroid dienone is 1. The minimum Gasteiger partial charge on any atom is -0.504 e. The molecule has 0 saturated heterocycles. The second-order valence-corrected chi connectivity index (χ2v) is 10.9. The molecule has 6 heteroatoms. The van der Waals surface area contributed by atoms with Gasteiger partial charge in [-0.15, -0.1) is 0 Å². The number of aliphatic hydroxyl groups excluding tert-OH is 2. The predicted octanol–water partition coefficient (Wildman–Crippen LogP) is 6.55. The topological polar surface area (TPSA) is 93.1 Å². The Morgan fingerprint density at radius 2 is 1.67 bits per heavy atom.